The molecule has 1 fully saturated rings. The minimum atomic E-state index is -0.801. The summed E-state index contributed by atoms with van der Waals surface area (Å²) in [5.41, 5.74) is 4.75. The summed E-state index contributed by atoms with van der Waals surface area (Å²) >= 11 is 0. The number of benzene rings is 2. The number of hydrogen-bond acceptors (Lipinski definition) is 4. The highest BCUT2D eigenvalue weighted by Crippen LogP contribution is 2.34. The molecule has 0 saturated carbocycles. The van der Waals surface area contributed by atoms with Crippen LogP contribution in [0.25, 0.3) is 0 Å². The number of hydrazine groups is 1. The first-order chi connectivity index (χ1) is 11.2. The Morgan fingerprint density at radius 1 is 1.09 bits per heavy atom. The highest BCUT2D eigenvalue weighted by molar-refractivity contribution is 5.99. The summed E-state index contributed by atoms with van der Waals surface area (Å²) in [6.45, 7) is 0. The van der Waals surface area contributed by atoms with E-state index in [1.165, 1.54) is 7.11 Å². The van der Waals surface area contributed by atoms with Crippen molar-refractivity contribution in [3.8, 4) is 0 Å². The van der Waals surface area contributed by atoms with Gasteiger partial charge in [0.15, 0.2) is 0 Å². The molecule has 1 N–H and O–H groups in total. The molecular weight excluding hydrogens is 292 g/mol. The van der Waals surface area contributed by atoms with Crippen molar-refractivity contribution in [1.82, 2.24) is 5.43 Å². The fraction of sp³-hybridized carbons (Fsp3) is 0.222. The van der Waals surface area contributed by atoms with Gasteiger partial charge in [0.1, 0.15) is 5.92 Å². The lowest BCUT2D eigenvalue weighted by Gasteiger charge is -2.40. The lowest BCUT2D eigenvalue weighted by Crippen LogP contribution is -2.54. The second kappa shape index (κ2) is 6.52. The number of nitrogens with zero attached hydrogens (tertiary/aromatic N) is 1. The summed E-state index contributed by atoms with van der Waals surface area (Å²) in [7, 11) is 1.30. The van der Waals surface area contributed by atoms with Crippen LogP contribution in [0.4, 0.5) is 5.69 Å². The minimum Gasteiger partial charge on any atom is -0.468 e. The molecular formula is C18H18N2O3. The van der Waals surface area contributed by atoms with E-state index in [1.807, 2.05) is 65.7 Å². The van der Waals surface area contributed by atoms with Crippen molar-refractivity contribution in [1.29, 1.82) is 0 Å². The number of anilines is 1. The number of carbonyl (C=O) groups excluding carboxylic acids is 2. The second-order valence-corrected chi connectivity index (χ2v) is 5.42. The maximum absolute atomic E-state index is 12.3. The zero-order valence-corrected chi connectivity index (χ0v) is 12.8. The van der Waals surface area contributed by atoms with Crippen LogP contribution < -0.4 is 10.4 Å². The first-order valence-corrected chi connectivity index (χ1v) is 7.48. The van der Waals surface area contributed by atoms with Crippen LogP contribution >= 0.6 is 0 Å². The Hall–Kier alpha value is -2.82. The lowest BCUT2D eigenvalue weighted by molar-refractivity contribution is -0.151. The van der Waals surface area contributed by atoms with Crippen molar-refractivity contribution >= 4 is 17.6 Å². The van der Waals surface area contributed by atoms with Crippen molar-refractivity contribution in [2.45, 2.75) is 12.5 Å². The van der Waals surface area contributed by atoms with Gasteiger partial charge in [0.05, 0.1) is 18.8 Å². The predicted octanol–water partition coefficient (Wildman–Crippen LogP) is 2.46. The number of esters is 1. The molecule has 23 heavy (non-hydrogen) atoms. The van der Waals surface area contributed by atoms with Gasteiger partial charge in [0.25, 0.3) is 5.91 Å². The third-order valence-corrected chi connectivity index (χ3v) is 4.02. The molecule has 2 unspecified atom stereocenters. The highest BCUT2D eigenvalue weighted by Gasteiger charge is 2.39. The fourth-order valence-electron chi connectivity index (χ4n) is 2.85. The van der Waals surface area contributed by atoms with Crippen LogP contribution in [0, 0.1) is 5.92 Å². The van der Waals surface area contributed by atoms with E-state index in [-0.39, 0.29) is 11.9 Å². The SMILES string of the molecule is COC(=O)C1CC(c2ccccc2)N(c2ccccc2)NC1=O. The van der Waals surface area contributed by atoms with E-state index in [0.29, 0.717) is 6.42 Å². The van der Waals surface area contributed by atoms with E-state index in [0.717, 1.165) is 11.3 Å². The molecule has 2 atom stereocenters. The molecule has 2 aromatic carbocycles. The molecule has 5 heteroatoms. The van der Waals surface area contributed by atoms with E-state index >= 15 is 0 Å². The third-order valence-electron chi connectivity index (χ3n) is 4.02. The van der Waals surface area contributed by atoms with Crippen molar-refractivity contribution < 1.29 is 14.3 Å². The maximum Gasteiger partial charge on any atom is 0.318 e. The summed E-state index contributed by atoms with van der Waals surface area (Å²) in [5, 5.41) is 1.82. The Bertz CT molecular complexity index is 688. The summed E-state index contributed by atoms with van der Waals surface area (Å²) in [6.07, 6.45) is 0.372. The van der Waals surface area contributed by atoms with Gasteiger partial charge in [-0.1, -0.05) is 48.5 Å². The topological polar surface area (TPSA) is 58.6 Å². The monoisotopic (exact) mass is 310 g/mol. The van der Waals surface area contributed by atoms with Gasteiger partial charge in [-0.15, -0.1) is 0 Å². The van der Waals surface area contributed by atoms with Gasteiger partial charge in [-0.05, 0) is 24.1 Å². The number of amides is 1. The van der Waals surface area contributed by atoms with Gasteiger partial charge in [-0.3, -0.25) is 20.0 Å². The summed E-state index contributed by atoms with van der Waals surface area (Å²) < 4.78 is 4.77. The number of hydrogen-bond donors (Lipinski definition) is 1. The quantitative estimate of drug-likeness (QED) is 0.699. The average molecular weight is 310 g/mol. The first kappa shape index (κ1) is 15.1. The standard InChI is InChI=1S/C18H18N2O3/c1-23-18(22)15-12-16(13-8-4-2-5-9-13)20(19-17(15)21)14-10-6-3-7-11-14/h2-11,15-16H,12H2,1H3,(H,19,21). The van der Waals surface area contributed by atoms with E-state index in [1.54, 1.807) is 0 Å². The third kappa shape index (κ3) is 3.04. The van der Waals surface area contributed by atoms with Crippen molar-refractivity contribution in [3.63, 3.8) is 0 Å². The Morgan fingerprint density at radius 2 is 1.70 bits per heavy atom. The van der Waals surface area contributed by atoms with Gasteiger partial charge < -0.3 is 4.74 Å². The van der Waals surface area contributed by atoms with E-state index in [9.17, 15) is 9.59 Å². The molecule has 0 aliphatic carbocycles. The number of para-hydroxylation sites is 1. The molecule has 0 aromatic heterocycles. The molecule has 5 nitrogen and oxygen atoms in total. The van der Waals surface area contributed by atoms with Crippen molar-refractivity contribution in [2.75, 3.05) is 12.1 Å². The Labute approximate surface area is 134 Å². The number of nitrogens with one attached hydrogen (secondary N) is 1. The largest absolute Gasteiger partial charge is 0.468 e. The molecule has 0 bridgehead atoms. The van der Waals surface area contributed by atoms with Crippen molar-refractivity contribution in [3.05, 3.63) is 66.2 Å². The molecule has 1 aliphatic rings. The lowest BCUT2D eigenvalue weighted by atomic mass is 9.91. The zero-order chi connectivity index (χ0) is 16.2. The number of ether oxygens (including phenoxy) is 1. The molecule has 0 radical (unpaired) electrons. The molecule has 2 aromatic rings. The summed E-state index contributed by atoms with van der Waals surface area (Å²) in [5.74, 6) is -1.64. The van der Waals surface area contributed by atoms with Crippen LogP contribution in [0.3, 0.4) is 0 Å². The number of methoxy groups -OCH3 is 1. The first-order valence-electron chi connectivity index (χ1n) is 7.48. The normalized spacial score (nSPS) is 20.7. The van der Waals surface area contributed by atoms with Crippen LogP contribution in [-0.4, -0.2) is 19.0 Å². The maximum atomic E-state index is 12.3. The van der Waals surface area contributed by atoms with Gasteiger partial charge in [0, 0.05) is 0 Å². The smallest absolute Gasteiger partial charge is 0.318 e. The molecule has 118 valence electrons. The molecule has 1 heterocycles. The number of rotatable bonds is 3. The summed E-state index contributed by atoms with van der Waals surface area (Å²) in [4.78, 5) is 24.2. The molecule has 1 saturated heterocycles. The fourth-order valence-corrected chi connectivity index (χ4v) is 2.85. The van der Waals surface area contributed by atoms with Gasteiger partial charge in [0.2, 0.25) is 0 Å². The Morgan fingerprint density at radius 3 is 2.30 bits per heavy atom. The molecule has 0 spiro atoms. The highest BCUT2D eigenvalue weighted by atomic mass is 16.5. The molecule has 1 aliphatic heterocycles. The molecule has 3 rings (SSSR count). The zero-order valence-electron chi connectivity index (χ0n) is 12.8. The average Bonchev–Trinajstić information content (AvgIpc) is 2.62. The van der Waals surface area contributed by atoms with Gasteiger partial charge >= 0.3 is 5.97 Å². The van der Waals surface area contributed by atoms with Crippen LogP contribution in [0.5, 0.6) is 0 Å². The van der Waals surface area contributed by atoms with Crippen molar-refractivity contribution in [2.24, 2.45) is 5.92 Å². The molecule has 1 amide bonds. The van der Waals surface area contributed by atoms with E-state index in [2.05, 4.69) is 5.43 Å². The Kier molecular flexibility index (Phi) is 4.28. The predicted molar refractivity (Wildman–Crippen MR) is 86.4 cm³/mol. The van der Waals surface area contributed by atoms with E-state index in [4.69, 9.17) is 4.74 Å². The van der Waals surface area contributed by atoms with Gasteiger partial charge in [-0.2, -0.15) is 0 Å². The minimum absolute atomic E-state index is 0.139. The Balaban J connectivity index is 1.97. The van der Waals surface area contributed by atoms with Crippen LogP contribution in [-0.2, 0) is 14.3 Å². The van der Waals surface area contributed by atoms with Crippen LogP contribution in [0.1, 0.15) is 18.0 Å². The number of carbonyl (C=O) groups is 2. The van der Waals surface area contributed by atoms with Gasteiger partial charge in [-0.25, -0.2) is 0 Å². The second-order valence-electron chi connectivity index (χ2n) is 5.42. The van der Waals surface area contributed by atoms with Crippen LogP contribution in [0.15, 0.2) is 60.7 Å². The van der Waals surface area contributed by atoms with E-state index < -0.39 is 11.9 Å². The summed E-state index contributed by atoms with van der Waals surface area (Å²) in [6, 6.07) is 19.3. The van der Waals surface area contributed by atoms with Crippen LogP contribution in [0.2, 0.25) is 0 Å².